The molecule has 0 bridgehead atoms. The van der Waals surface area contributed by atoms with Gasteiger partial charge in [0.05, 0.1) is 5.69 Å². The molecule has 0 spiro atoms. The molecule has 2 N–H and O–H groups in total. The number of nitrogens with one attached hydrogen (secondary N) is 2. The monoisotopic (exact) mass is 442 g/mol. The van der Waals surface area contributed by atoms with E-state index in [1.807, 2.05) is 80.7 Å². The van der Waals surface area contributed by atoms with Crippen LogP contribution in [0.15, 0.2) is 77.4 Å². The molecule has 168 valence electrons. The minimum absolute atomic E-state index is 0.0383. The number of hydrogen-bond donors (Lipinski definition) is 2. The molecule has 2 heterocycles. The summed E-state index contributed by atoms with van der Waals surface area (Å²) in [5.41, 5.74) is 3.07. The summed E-state index contributed by atoms with van der Waals surface area (Å²) in [4.78, 5) is 23.9. The van der Waals surface area contributed by atoms with Gasteiger partial charge in [0.15, 0.2) is 5.76 Å². The molecule has 2 aromatic carbocycles. The molecule has 7 nitrogen and oxygen atoms in total. The van der Waals surface area contributed by atoms with Crippen molar-refractivity contribution in [2.24, 2.45) is 5.92 Å². The number of carbonyl (C=O) groups is 2. The molecule has 0 aliphatic rings. The summed E-state index contributed by atoms with van der Waals surface area (Å²) in [5.74, 6) is 0.251. The highest BCUT2D eigenvalue weighted by atomic mass is 16.3. The number of furan rings is 1. The fourth-order valence-electron chi connectivity index (χ4n) is 3.31. The van der Waals surface area contributed by atoms with E-state index in [1.165, 1.54) is 6.08 Å². The van der Waals surface area contributed by atoms with E-state index in [0.717, 1.165) is 22.2 Å². The molecular weight excluding hydrogens is 416 g/mol. The van der Waals surface area contributed by atoms with E-state index in [2.05, 4.69) is 10.6 Å². The first kappa shape index (κ1) is 22.1. The van der Waals surface area contributed by atoms with E-state index in [9.17, 15) is 9.59 Å². The van der Waals surface area contributed by atoms with Gasteiger partial charge in [-0.1, -0.05) is 50.2 Å². The van der Waals surface area contributed by atoms with E-state index in [0.29, 0.717) is 24.5 Å². The van der Waals surface area contributed by atoms with Gasteiger partial charge in [-0.2, -0.15) is 5.10 Å². The molecular formula is C26H26N4O3. The van der Waals surface area contributed by atoms with Gasteiger partial charge in [-0.25, -0.2) is 4.68 Å². The number of carbonyl (C=O) groups excluding carboxylic acids is 2. The van der Waals surface area contributed by atoms with Gasteiger partial charge in [0.2, 0.25) is 11.8 Å². The topological polar surface area (TPSA) is 89.2 Å². The highest BCUT2D eigenvalue weighted by molar-refractivity contribution is 5.93. The molecule has 0 unspecified atom stereocenters. The van der Waals surface area contributed by atoms with Crippen LogP contribution in [0.1, 0.15) is 19.4 Å². The quantitative estimate of drug-likeness (QED) is 0.316. The van der Waals surface area contributed by atoms with Crippen LogP contribution in [0.5, 0.6) is 0 Å². The third kappa shape index (κ3) is 5.38. The fourth-order valence-corrected chi connectivity index (χ4v) is 3.31. The second kappa shape index (κ2) is 9.99. The van der Waals surface area contributed by atoms with E-state index < -0.39 is 0 Å². The Morgan fingerprint density at radius 1 is 1.03 bits per heavy atom. The molecule has 4 rings (SSSR count). The first-order valence-corrected chi connectivity index (χ1v) is 10.9. The Morgan fingerprint density at radius 2 is 1.76 bits per heavy atom. The lowest BCUT2D eigenvalue weighted by Gasteiger charge is -2.07. The average Bonchev–Trinajstić information content (AvgIpc) is 3.45. The molecule has 7 heteroatoms. The maximum absolute atomic E-state index is 12.3. The van der Waals surface area contributed by atoms with Gasteiger partial charge < -0.3 is 15.1 Å². The van der Waals surface area contributed by atoms with Gasteiger partial charge >= 0.3 is 0 Å². The Kier molecular flexibility index (Phi) is 6.69. The van der Waals surface area contributed by atoms with Crippen LogP contribution in [0.2, 0.25) is 0 Å². The van der Waals surface area contributed by atoms with Crippen LogP contribution in [-0.2, 0) is 9.59 Å². The average molecular weight is 443 g/mol. The molecule has 0 radical (unpaired) electrons. The van der Waals surface area contributed by atoms with Crippen molar-refractivity contribution >= 4 is 28.9 Å². The molecule has 2 aromatic heterocycles. The van der Waals surface area contributed by atoms with Gasteiger partial charge in [0.25, 0.3) is 0 Å². The number of fused-ring (bicyclic) bond motifs is 1. The van der Waals surface area contributed by atoms with Gasteiger partial charge in [-0.05, 0) is 30.3 Å². The van der Waals surface area contributed by atoms with Gasteiger partial charge in [-0.3, -0.25) is 9.59 Å². The zero-order valence-electron chi connectivity index (χ0n) is 18.6. The summed E-state index contributed by atoms with van der Waals surface area (Å²) in [5, 5.41) is 11.3. The molecule has 0 saturated carbocycles. The predicted molar refractivity (Wildman–Crippen MR) is 129 cm³/mol. The smallest absolute Gasteiger partial charge is 0.244 e. The zero-order chi connectivity index (χ0) is 23.2. The van der Waals surface area contributed by atoms with Crippen LogP contribution >= 0.6 is 0 Å². The second-order valence-corrected chi connectivity index (χ2v) is 7.93. The molecule has 2 amide bonds. The summed E-state index contributed by atoms with van der Waals surface area (Å²) in [6, 6.07) is 19.5. The molecule has 0 atom stereocenters. The lowest BCUT2D eigenvalue weighted by Crippen LogP contribution is -2.35. The summed E-state index contributed by atoms with van der Waals surface area (Å²) in [6.07, 6.45) is 5.05. The van der Waals surface area contributed by atoms with Crippen LogP contribution in [-0.4, -0.2) is 34.7 Å². The number of amides is 2. The first-order chi connectivity index (χ1) is 16.0. The van der Waals surface area contributed by atoms with E-state index in [1.54, 1.807) is 10.8 Å². The van der Waals surface area contributed by atoms with Crippen LogP contribution in [0.4, 0.5) is 0 Å². The Balaban J connectivity index is 1.54. The Hall–Kier alpha value is -4.13. The van der Waals surface area contributed by atoms with E-state index in [-0.39, 0.29) is 17.7 Å². The Labute approximate surface area is 192 Å². The van der Waals surface area contributed by atoms with Gasteiger partial charge in [0, 0.05) is 42.2 Å². The SMILES string of the molecule is CC(C)C(=O)NCCNC(=O)/C=C/c1cn(-c2ccccc2)nc1-c1cc2ccccc2o1. The predicted octanol–water partition coefficient (Wildman–Crippen LogP) is 4.19. The molecule has 0 fully saturated rings. The normalized spacial score (nSPS) is 11.4. The minimum atomic E-state index is -0.253. The molecule has 0 aliphatic carbocycles. The lowest BCUT2D eigenvalue weighted by atomic mass is 10.2. The Bertz CT molecular complexity index is 1250. The number of aromatic nitrogens is 2. The molecule has 4 aromatic rings. The number of hydrogen-bond acceptors (Lipinski definition) is 4. The molecule has 33 heavy (non-hydrogen) atoms. The zero-order valence-corrected chi connectivity index (χ0v) is 18.6. The van der Waals surface area contributed by atoms with E-state index >= 15 is 0 Å². The maximum atomic E-state index is 12.3. The van der Waals surface area contributed by atoms with Crippen molar-refractivity contribution in [2.75, 3.05) is 13.1 Å². The largest absolute Gasteiger partial charge is 0.454 e. The minimum Gasteiger partial charge on any atom is -0.454 e. The highest BCUT2D eigenvalue weighted by Crippen LogP contribution is 2.30. The summed E-state index contributed by atoms with van der Waals surface area (Å²) < 4.78 is 7.79. The van der Waals surface area contributed by atoms with E-state index in [4.69, 9.17) is 9.52 Å². The maximum Gasteiger partial charge on any atom is 0.244 e. The third-order valence-electron chi connectivity index (χ3n) is 5.08. The highest BCUT2D eigenvalue weighted by Gasteiger charge is 2.15. The summed E-state index contributed by atoms with van der Waals surface area (Å²) in [6.45, 7) is 4.38. The van der Waals surface area contributed by atoms with Crippen molar-refractivity contribution in [3.63, 3.8) is 0 Å². The second-order valence-electron chi connectivity index (χ2n) is 7.93. The van der Waals surface area contributed by atoms with Crippen molar-refractivity contribution in [3.8, 4) is 17.1 Å². The number of benzene rings is 2. The van der Waals surface area contributed by atoms with Crippen molar-refractivity contribution in [1.82, 2.24) is 20.4 Å². The van der Waals surface area contributed by atoms with Crippen LogP contribution in [0.25, 0.3) is 34.2 Å². The standard InChI is InChI=1S/C26H26N4O3/c1-18(2)26(32)28-15-14-27-24(31)13-12-20-17-30(21-9-4-3-5-10-21)29-25(20)23-16-19-8-6-7-11-22(19)33-23/h3-13,16-18H,14-15H2,1-2H3,(H,27,31)(H,28,32)/b13-12+. The van der Waals surface area contributed by atoms with Crippen molar-refractivity contribution in [2.45, 2.75) is 13.8 Å². The lowest BCUT2D eigenvalue weighted by molar-refractivity contribution is -0.124. The van der Waals surface area contributed by atoms with Crippen molar-refractivity contribution in [1.29, 1.82) is 0 Å². The molecule has 0 aliphatic heterocycles. The number of rotatable bonds is 8. The number of para-hydroxylation sites is 2. The van der Waals surface area contributed by atoms with Crippen LogP contribution in [0, 0.1) is 5.92 Å². The van der Waals surface area contributed by atoms with Crippen LogP contribution in [0.3, 0.4) is 0 Å². The fraction of sp³-hybridized carbons (Fsp3) is 0.192. The number of nitrogens with zero attached hydrogens (tertiary/aromatic N) is 2. The molecule has 0 saturated heterocycles. The third-order valence-corrected chi connectivity index (χ3v) is 5.08. The van der Waals surface area contributed by atoms with Crippen LogP contribution < -0.4 is 10.6 Å². The van der Waals surface area contributed by atoms with Crippen molar-refractivity contribution in [3.05, 3.63) is 78.5 Å². The Morgan fingerprint density at radius 3 is 2.52 bits per heavy atom. The van der Waals surface area contributed by atoms with Gasteiger partial charge in [-0.15, -0.1) is 0 Å². The first-order valence-electron chi connectivity index (χ1n) is 10.9. The van der Waals surface area contributed by atoms with Gasteiger partial charge in [0.1, 0.15) is 11.3 Å². The summed E-state index contributed by atoms with van der Waals surface area (Å²) >= 11 is 0. The van der Waals surface area contributed by atoms with Crippen molar-refractivity contribution < 1.29 is 14.0 Å². The summed E-state index contributed by atoms with van der Waals surface area (Å²) in [7, 11) is 0.